The van der Waals surface area contributed by atoms with Crippen LogP contribution < -0.4 is 5.56 Å². The van der Waals surface area contributed by atoms with Crippen molar-refractivity contribution in [2.75, 3.05) is 6.54 Å². The summed E-state index contributed by atoms with van der Waals surface area (Å²) in [6.07, 6.45) is 9.31. The average Bonchev–Trinajstić information content (AvgIpc) is 3.20. The lowest BCUT2D eigenvalue weighted by molar-refractivity contribution is 0.385. The van der Waals surface area contributed by atoms with Gasteiger partial charge in [0.15, 0.2) is 0 Å². The van der Waals surface area contributed by atoms with Crippen LogP contribution in [0.1, 0.15) is 29.7 Å². The molecule has 3 aliphatic rings. The molecular formula is C20H21N3O. The van der Waals surface area contributed by atoms with Crippen LogP contribution >= 0.6 is 0 Å². The minimum absolute atomic E-state index is 0.00200. The summed E-state index contributed by atoms with van der Waals surface area (Å²) in [5.74, 6) is 1.58. The summed E-state index contributed by atoms with van der Waals surface area (Å²) in [6, 6.07) is 3.77. The van der Waals surface area contributed by atoms with Crippen molar-refractivity contribution in [1.29, 1.82) is 0 Å². The molecular weight excluding hydrogens is 298 g/mol. The fourth-order valence-corrected chi connectivity index (χ4v) is 4.19. The summed E-state index contributed by atoms with van der Waals surface area (Å²) in [4.78, 5) is 19.4. The van der Waals surface area contributed by atoms with Crippen LogP contribution in [0.3, 0.4) is 0 Å². The molecule has 2 fully saturated rings. The Hall–Kier alpha value is -2.36. The molecule has 2 aromatic heterocycles. The fourth-order valence-electron chi connectivity index (χ4n) is 4.19. The minimum Gasteiger partial charge on any atom is -0.367 e. The molecule has 4 heteroatoms. The molecule has 1 aliphatic heterocycles. The zero-order chi connectivity index (χ0) is 16.4. The summed E-state index contributed by atoms with van der Waals surface area (Å²) in [6.45, 7) is 5.81. The molecule has 122 valence electrons. The number of hydrogen-bond donors (Lipinski definition) is 0. The van der Waals surface area contributed by atoms with E-state index >= 15 is 0 Å². The lowest BCUT2D eigenvalue weighted by atomic mass is 10.0. The molecule has 0 amide bonds. The van der Waals surface area contributed by atoms with E-state index in [0.717, 1.165) is 53.8 Å². The number of allylic oxidation sites excluding steroid dienone is 3. The summed E-state index contributed by atoms with van der Waals surface area (Å²) in [5.41, 5.74) is 6.75. The third kappa shape index (κ3) is 2.13. The lowest BCUT2D eigenvalue weighted by Gasteiger charge is -2.22. The molecule has 1 saturated carbocycles. The van der Waals surface area contributed by atoms with Crippen molar-refractivity contribution in [1.82, 2.24) is 14.3 Å². The second-order valence-electron chi connectivity index (χ2n) is 7.45. The van der Waals surface area contributed by atoms with Crippen molar-refractivity contribution in [2.45, 2.75) is 33.2 Å². The first-order valence-electron chi connectivity index (χ1n) is 8.76. The monoisotopic (exact) mass is 319 g/mol. The van der Waals surface area contributed by atoms with Crippen LogP contribution in [-0.4, -0.2) is 20.8 Å². The van der Waals surface area contributed by atoms with E-state index in [1.165, 1.54) is 17.7 Å². The molecule has 2 atom stereocenters. The van der Waals surface area contributed by atoms with Gasteiger partial charge in [0.1, 0.15) is 5.65 Å². The fraction of sp³-hybridized carbons (Fsp3) is 0.400. The molecule has 1 saturated heterocycles. The predicted octanol–water partition coefficient (Wildman–Crippen LogP) is 2.98. The van der Waals surface area contributed by atoms with Crippen LogP contribution in [0, 0.1) is 25.7 Å². The maximum Gasteiger partial charge on any atom is 0.258 e. The summed E-state index contributed by atoms with van der Waals surface area (Å²) >= 11 is 0. The number of fused-ring (bicyclic) bond motifs is 3. The largest absolute Gasteiger partial charge is 0.367 e. The third-order valence-corrected chi connectivity index (χ3v) is 5.46. The van der Waals surface area contributed by atoms with Gasteiger partial charge in [0.2, 0.25) is 0 Å². The summed E-state index contributed by atoms with van der Waals surface area (Å²) in [5, 5.41) is 0. The van der Waals surface area contributed by atoms with E-state index in [1.807, 2.05) is 20.0 Å². The Kier molecular flexibility index (Phi) is 2.82. The normalized spacial score (nSPS) is 24.5. The van der Waals surface area contributed by atoms with Crippen LogP contribution in [0.15, 0.2) is 46.5 Å². The second kappa shape index (κ2) is 4.82. The topological polar surface area (TPSA) is 37.6 Å². The molecule has 0 N–H and O–H groups in total. The Bertz CT molecular complexity index is 982. The van der Waals surface area contributed by atoms with Gasteiger partial charge in [-0.25, -0.2) is 4.98 Å². The van der Waals surface area contributed by atoms with Gasteiger partial charge < -0.3 is 4.90 Å². The van der Waals surface area contributed by atoms with E-state index in [0.29, 0.717) is 0 Å². The Morgan fingerprint density at radius 3 is 2.92 bits per heavy atom. The van der Waals surface area contributed by atoms with Crippen LogP contribution in [0.5, 0.6) is 0 Å². The lowest BCUT2D eigenvalue weighted by Crippen LogP contribution is -2.21. The zero-order valence-electron chi connectivity index (χ0n) is 14.1. The number of likely N-dealkylation sites (tertiary alicyclic amines) is 1. The van der Waals surface area contributed by atoms with E-state index in [1.54, 1.807) is 10.5 Å². The Morgan fingerprint density at radius 1 is 1.21 bits per heavy atom. The van der Waals surface area contributed by atoms with Gasteiger partial charge in [-0.05, 0) is 55.7 Å². The summed E-state index contributed by atoms with van der Waals surface area (Å²) < 4.78 is 1.69. The third-order valence-electron chi connectivity index (χ3n) is 5.46. The molecule has 24 heavy (non-hydrogen) atoms. The minimum atomic E-state index is 0.00200. The molecule has 5 rings (SSSR count). The van der Waals surface area contributed by atoms with E-state index in [4.69, 9.17) is 0 Å². The van der Waals surface area contributed by atoms with Crippen molar-refractivity contribution in [3.8, 4) is 0 Å². The number of nitrogens with zero attached hydrogens (tertiary/aromatic N) is 3. The molecule has 3 heterocycles. The second-order valence-corrected chi connectivity index (χ2v) is 7.45. The number of hydrogen-bond acceptors (Lipinski definition) is 3. The standard InChI is InChI=1S/C20H21N3O/c1-12-5-17(20-21-13(2)6-19(24)23(20)10-12)11-22-4-3-14-7-15-8-16(15)9-18(14)22/h5-7,9-10,15-16H,3-4,8,11H2,1-2H3. The zero-order valence-corrected chi connectivity index (χ0v) is 14.1. The van der Waals surface area contributed by atoms with Gasteiger partial charge in [-0.1, -0.05) is 12.2 Å². The molecule has 0 bridgehead atoms. The first-order valence-corrected chi connectivity index (χ1v) is 8.76. The van der Waals surface area contributed by atoms with Gasteiger partial charge in [0.05, 0.1) is 0 Å². The molecule has 0 aromatic carbocycles. The Labute approximate surface area is 141 Å². The van der Waals surface area contributed by atoms with Gasteiger partial charge in [-0.15, -0.1) is 0 Å². The SMILES string of the molecule is Cc1cc(CN2CCC3=CC4CC4C=C32)c2nc(C)cc(=O)n2c1. The number of aromatic nitrogens is 2. The molecule has 2 unspecified atom stereocenters. The predicted molar refractivity (Wildman–Crippen MR) is 93.7 cm³/mol. The van der Waals surface area contributed by atoms with Gasteiger partial charge in [0.25, 0.3) is 5.56 Å². The first kappa shape index (κ1) is 14.0. The molecule has 4 nitrogen and oxygen atoms in total. The molecule has 2 aromatic rings. The van der Waals surface area contributed by atoms with Gasteiger partial charge in [0, 0.05) is 42.3 Å². The van der Waals surface area contributed by atoms with Crippen LogP contribution in [0.25, 0.3) is 5.65 Å². The van der Waals surface area contributed by atoms with E-state index in [2.05, 4.69) is 28.1 Å². The highest BCUT2D eigenvalue weighted by Crippen LogP contribution is 2.49. The maximum absolute atomic E-state index is 12.3. The smallest absolute Gasteiger partial charge is 0.258 e. The van der Waals surface area contributed by atoms with Crippen molar-refractivity contribution in [3.05, 3.63) is 68.9 Å². The highest BCUT2D eigenvalue weighted by molar-refractivity contribution is 5.50. The van der Waals surface area contributed by atoms with E-state index in [-0.39, 0.29) is 5.56 Å². The molecule has 0 spiro atoms. The van der Waals surface area contributed by atoms with E-state index in [9.17, 15) is 4.79 Å². The van der Waals surface area contributed by atoms with Crippen molar-refractivity contribution >= 4 is 5.65 Å². The van der Waals surface area contributed by atoms with Crippen molar-refractivity contribution in [3.63, 3.8) is 0 Å². The van der Waals surface area contributed by atoms with Gasteiger partial charge in [-0.3, -0.25) is 9.20 Å². The van der Waals surface area contributed by atoms with Gasteiger partial charge >= 0.3 is 0 Å². The summed E-state index contributed by atoms with van der Waals surface area (Å²) in [7, 11) is 0. The Balaban J connectivity index is 1.58. The maximum atomic E-state index is 12.3. The quantitative estimate of drug-likeness (QED) is 0.854. The molecule has 2 aliphatic carbocycles. The number of pyridine rings is 1. The van der Waals surface area contributed by atoms with Crippen molar-refractivity contribution in [2.24, 2.45) is 11.8 Å². The average molecular weight is 319 g/mol. The molecule has 0 radical (unpaired) electrons. The number of rotatable bonds is 2. The highest BCUT2D eigenvalue weighted by Gasteiger charge is 2.40. The van der Waals surface area contributed by atoms with Crippen LogP contribution in [0.2, 0.25) is 0 Å². The van der Waals surface area contributed by atoms with Crippen molar-refractivity contribution < 1.29 is 0 Å². The number of aryl methyl sites for hydroxylation is 2. The Morgan fingerprint density at radius 2 is 2.04 bits per heavy atom. The van der Waals surface area contributed by atoms with Gasteiger partial charge in [-0.2, -0.15) is 0 Å². The van der Waals surface area contributed by atoms with E-state index < -0.39 is 0 Å². The first-order chi connectivity index (χ1) is 11.6. The highest BCUT2D eigenvalue weighted by atomic mass is 16.1. The van der Waals surface area contributed by atoms with Crippen LogP contribution in [-0.2, 0) is 6.54 Å². The van der Waals surface area contributed by atoms with Crippen LogP contribution in [0.4, 0.5) is 0 Å².